The first-order valence-corrected chi connectivity index (χ1v) is 9.93. The molecule has 0 atom stereocenters. The van der Waals surface area contributed by atoms with E-state index in [4.69, 9.17) is 9.47 Å². The van der Waals surface area contributed by atoms with Gasteiger partial charge in [0.25, 0.3) is 11.8 Å². The van der Waals surface area contributed by atoms with Crippen molar-refractivity contribution in [3.05, 3.63) is 76.1 Å². The number of rotatable bonds is 6. The summed E-state index contributed by atoms with van der Waals surface area (Å²) in [7, 11) is 2.95. The Hall–Kier alpha value is -3.72. The Morgan fingerprint density at radius 1 is 0.968 bits per heavy atom. The molecule has 1 aliphatic heterocycles. The molecule has 1 N–H and O–H groups in total. The third-order valence-electron chi connectivity index (χ3n) is 4.67. The molecule has 2 heterocycles. The number of anilines is 2. The van der Waals surface area contributed by atoms with Crippen LogP contribution in [0.1, 0.15) is 4.88 Å². The van der Waals surface area contributed by atoms with Gasteiger partial charge in [-0.25, -0.2) is 13.7 Å². The first-order chi connectivity index (χ1) is 14.9. The molecule has 0 spiro atoms. The smallest absolute Gasteiger partial charge is 0.282 e. The predicted molar refractivity (Wildman–Crippen MR) is 113 cm³/mol. The molecule has 3 aromatic rings. The van der Waals surface area contributed by atoms with Crippen molar-refractivity contribution in [2.75, 3.05) is 24.4 Å². The van der Waals surface area contributed by atoms with Crippen molar-refractivity contribution in [3.8, 4) is 11.5 Å². The van der Waals surface area contributed by atoms with E-state index in [1.807, 2.05) is 0 Å². The number of nitrogens with one attached hydrogen (secondary N) is 1. The monoisotopic (exact) mass is 442 g/mol. The third kappa shape index (κ3) is 3.64. The van der Waals surface area contributed by atoms with E-state index >= 15 is 0 Å². The van der Waals surface area contributed by atoms with Gasteiger partial charge < -0.3 is 14.8 Å². The number of ether oxygens (including phenoxy) is 2. The Kier molecular flexibility index (Phi) is 5.43. The van der Waals surface area contributed by atoms with Crippen molar-refractivity contribution in [2.24, 2.45) is 0 Å². The minimum Gasteiger partial charge on any atom is -0.497 e. The fraction of sp³-hybridized carbons (Fsp3) is 0.0909. The Labute approximate surface area is 180 Å². The molecular formula is C22H16F2N2O4S. The minimum absolute atomic E-state index is 0.0530. The maximum absolute atomic E-state index is 14.4. The second-order valence-corrected chi connectivity index (χ2v) is 7.41. The maximum atomic E-state index is 14.4. The van der Waals surface area contributed by atoms with Gasteiger partial charge in [-0.2, -0.15) is 0 Å². The summed E-state index contributed by atoms with van der Waals surface area (Å²) in [4.78, 5) is 27.7. The van der Waals surface area contributed by atoms with Crippen molar-refractivity contribution in [3.63, 3.8) is 0 Å². The summed E-state index contributed by atoms with van der Waals surface area (Å²) in [5.74, 6) is -2.42. The average Bonchev–Trinajstić information content (AvgIpc) is 3.36. The summed E-state index contributed by atoms with van der Waals surface area (Å²) in [6, 6.07) is 11.0. The molecule has 0 radical (unpaired) electrons. The van der Waals surface area contributed by atoms with Crippen molar-refractivity contribution in [2.45, 2.75) is 0 Å². The molecule has 0 saturated carbocycles. The third-order valence-corrected chi connectivity index (χ3v) is 5.56. The second kappa shape index (κ2) is 8.19. The highest BCUT2D eigenvalue weighted by atomic mass is 32.1. The molecule has 0 aliphatic carbocycles. The number of benzene rings is 2. The summed E-state index contributed by atoms with van der Waals surface area (Å²) in [6.07, 6.45) is 0. The van der Waals surface area contributed by atoms with Crippen LogP contribution in [-0.2, 0) is 9.59 Å². The SMILES string of the molecule is COc1ccc(OC)c(NC2=C(c3cccs3)C(=O)N(c3ccc(F)cc3F)C2=O)c1. The fourth-order valence-corrected chi connectivity index (χ4v) is 3.99. The number of halogens is 2. The molecule has 158 valence electrons. The Morgan fingerprint density at radius 2 is 1.77 bits per heavy atom. The number of carbonyl (C=O) groups is 2. The van der Waals surface area contributed by atoms with Gasteiger partial charge in [-0.1, -0.05) is 6.07 Å². The van der Waals surface area contributed by atoms with Gasteiger partial charge in [0, 0.05) is 17.0 Å². The van der Waals surface area contributed by atoms with Gasteiger partial charge >= 0.3 is 0 Å². The lowest BCUT2D eigenvalue weighted by atomic mass is 10.1. The van der Waals surface area contributed by atoms with Crippen molar-refractivity contribution in [1.82, 2.24) is 0 Å². The van der Waals surface area contributed by atoms with Gasteiger partial charge in [-0.15, -0.1) is 11.3 Å². The quantitative estimate of drug-likeness (QED) is 0.572. The van der Waals surface area contributed by atoms with E-state index in [9.17, 15) is 18.4 Å². The van der Waals surface area contributed by atoms with Crippen LogP contribution in [0.25, 0.3) is 5.57 Å². The lowest BCUT2D eigenvalue weighted by molar-refractivity contribution is -0.120. The zero-order valence-corrected chi connectivity index (χ0v) is 17.3. The molecule has 0 fully saturated rings. The van der Waals surface area contributed by atoms with E-state index in [2.05, 4.69) is 5.32 Å². The normalized spacial score (nSPS) is 13.7. The zero-order chi connectivity index (χ0) is 22.1. The highest BCUT2D eigenvalue weighted by Crippen LogP contribution is 2.38. The lowest BCUT2D eigenvalue weighted by Crippen LogP contribution is -2.33. The molecule has 0 bridgehead atoms. The Morgan fingerprint density at radius 3 is 2.42 bits per heavy atom. The van der Waals surface area contributed by atoms with Gasteiger partial charge in [0.05, 0.1) is 31.2 Å². The van der Waals surface area contributed by atoms with Crippen molar-refractivity contribution >= 4 is 40.1 Å². The van der Waals surface area contributed by atoms with Crippen LogP contribution >= 0.6 is 11.3 Å². The van der Waals surface area contributed by atoms with E-state index in [-0.39, 0.29) is 17.0 Å². The van der Waals surface area contributed by atoms with Crippen LogP contribution in [0.5, 0.6) is 11.5 Å². The standard InChI is InChI=1S/C22H16F2N2O4S/c1-29-13-6-8-17(30-2)15(11-13)25-20-19(18-4-3-9-31-18)21(27)26(22(20)28)16-7-5-12(23)10-14(16)24/h3-11,25H,1-2H3. The van der Waals surface area contributed by atoms with Crippen LogP contribution in [0.3, 0.4) is 0 Å². The van der Waals surface area contributed by atoms with Gasteiger partial charge in [0.15, 0.2) is 0 Å². The predicted octanol–water partition coefficient (Wildman–Crippen LogP) is 4.44. The molecule has 1 aliphatic rings. The molecule has 9 heteroatoms. The highest BCUT2D eigenvalue weighted by Gasteiger charge is 2.42. The molecule has 6 nitrogen and oxygen atoms in total. The average molecular weight is 442 g/mol. The summed E-state index contributed by atoms with van der Waals surface area (Å²) < 4.78 is 38.4. The molecule has 0 saturated heterocycles. The summed E-state index contributed by atoms with van der Waals surface area (Å²) >= 11 is 1.25. The number of imide groups is 1. The highest BCUT2D eigenvalue weighted by molar-refractivity contribution is 7.11. The van der Waals surface area contributed by atoms with Crippen LogP contribution in [0.2, 0.25) is 0 Å². The van der Waals surface area contributed by atoms with E-state index in [0.29, 0.717) is 33.0 Å². The molecule has 4 rings (SSSR count). The molecule has 2 amide bonds. The Balaban J connectivity index is 1.84. The summed E-state index contributed by atoms with van der Waals surface area (Å²) in [5, 5.41) is 4.71. The molecule has 0 unspecified atom stereocenters. The van der Waals surface area contributed by atoms with E-state index in [1.54, 1.807) is 35.7 Å². The van der Waals surface area contributed by atoms with Gasteiger partial charge in [-0.05, 0) is 35.7 Å². The minimum atomic E-state index is -1.02. The van der Waals surface area contributed by atoms with Gasteiger partial charge in [0.1, 0.15) is 28.8 Å². The molecule has 1 aromatic heterocycles. The number of nitrogens with zero attached hydrogens (tertiary/aromatic N) is 1. The lowest BCUT2D eigenvalue weighted by Gasteiger charge is -2.17. The number of hydrogen-bond donors (Lipinski definition) is 1. The Bertz CT molecular complexity index is 1210. The van der Waals surface area contributed by atoms with Crippen LogP contribution in [-0.4, -0.2) is 26.0 Å². The number of amides is 2. The molecular weight excluding hydrogens is 426 g/mol. The number of thiophene rings is 1. The molecule has 31 heavy (non-hydrogen) atoms. The van der Waals surface area contributed by atoms with Crippen LogP contribution in [0.15, 0.2) is 59.6 Å². The number of methoxy groups -OCH3 is 2. The largest absolute Gasteiger partial charge is 0.497 e. The topological polar surface area (TPSA) is 67.9 Å². The zero-order valence-electron chi connectivity index (χ0n) is 16.4. The van der Waals surface area contributed by atoms with E-state index in [1.165, 1.54) is 25.6 Å². The first kappa shape index (κ1) is 20.5. The second-order valence-electron chi connectivity index (χ2n) is 6.46. The van der Waals surface area contributed by atoms with Crippen molar-refractivity contribution < 1.29 is 27.8 Å². The first-order valence-electron chi connectivity index (χ1n) is 9.05. The van der Waals surface area contributed by atoms with Gasteiger partial charge in [-0.3, -0.25) is 9.59 Å². The van der Waals surface area contributed by atoms with Crippen LogP contribution in [0, 0.1) is 11.6 Å². The van der Waals surface area contributed by atoms with Gasteiger partial charge in [0.2, 0.25) is 0 Å². The molecule has 2 aromatic carbocycles. The van der Waals surface area contributed by atoms with Crippen LogP contribution in [0.4, 0.5) is 20.2 Å². The summed E-state index contributed by atoms with van der Waals surface area (Å²) in [5.41, 5.74) is 0.0738. The number of hydrogen-bond acceptors (Lipinski definition) is 6. The summed E-state index contributed by atoms with van der Waals surface area (Å²) in [6.45, 7) is 0. The van der Waals surface area contributed by atoms with Crippen LogP contribution < -0.4 is 19.7 Å². The fourth-order valence-electron chi connectivity index (χ4n) is 3.22. The van der Waals surface area contributed by atoms with Crippen molar-refractivity contribution in [1.29, 1.82) is 0 Å². The number of carbonyl (C=O) groups excluding carboxylic acids is 2. The maximum Gasteiger partial charge on any atom is 0.282 e. The van der Waals surface area contributed by atoms with E-state index in [0.717, 1.165) is 12.1 Å². The van der Waals surface area contributed by atoms with E-state index < -0.39 is 23.4 Å².